The highest BCUT2D eigenvalue weighted by Gasteiger charge is 2.17. The number of hydrogen-bond acceptors (Lipinski definition) is 3. The molecular formula is C15H14ClIN2O3S. The van der Waals surface area contributed by atoms with Crippen molar-refractivity contribution < 1.29 is 13.2 Å². The molecule has 23 heavy (non-hydrogen) atoms. The minimum absolute atomic E-state index is 0.168. The number of carbonyl (C=O) groups excluding carboxylic acids is 1. The van der Waals surface area contributed by atoms with Crippen LogP contribution in [0.1, 0.15) is 10.4 Å². The third kappa shape index (κ3) is 4.23. The predicted octanol–water partition coefficient (Wildman–Crippen LogP) is 3.45. The van der Waals surface area contributed by atoms with E-state index in [-0.39, 0.29) is 10.8 Å². The van der Waals surface area contributed by atoms with E-state index in [0.29, 0.717) is 16.3 Å². The first-order chi connectivity index (χ1) is 10.7. The maximum absolute atomic E-state index is 12.2. The molecule has 0 aliphatic carbocycles. The Bertz CT molecular complexity index is 836. The number of rotatable bonds is 4. The van der Waals surface area contributed by atoms with Crippen LogP contribution in [0, 0.1) is 3.57 Å². The third-order valence-electron chi connectivity index (χ3n) is 3.07. The van der Waals surface area contributed by atoms with Gasteiger partial charge in [-0.15, -0.1) is 0 Å². The van der Waals surface area contributed by atoms with Crippen molar-refractivity contribution in [1.82, 2.24) is 4.31 Å². The van der Waals surface area contributed by atoms with Crippen molar-refractivity contribution in [1.29, 1.82) is 0 Å². The van der Waals surface area contributed by atoms with E-state index < -0.39 is 10.0 Å². The Morgan fingerprint density at radius 2 is 1.74 bits per heavy atom. The van der Waals surface area contributed by atoms with Crippen molar-refractivity contribution >= 4 is 55.8 Å². The van der Waals surface area contributed by atoms with Gasteiger partial charge in [0.15, 0.2) is 0 Å². The molecule has 2 rings (SSSR count). The molecule has 5 nitrogen and oxygen atoms in total. The van der Waals surface area contributed by atoms with E-state index >= 15 is 0 Å². The number of nitrogens with one attached hydrogen (secondary N) is 1. The summed E-state index contributed by atoms with van der Waals surface area (Å²) in [6.45, 7) is 0. The Kier molecular flexibility index (Phi) is 5.66. The Hall–Kier alpha value is -1.16. The van der Waals surface area contributed by atoms with Gasteiger partial charge in [-0.3, -0.25) is 4.79 Å². The molecule has 0 fully saturated rings. The summed E-state index contributed by atoms with van der Waals surface area (Å²) in [4.78, 5) is 12.4. The topological polar surface area (TPSA) is 66.5 Å². The predicted molar refractivity (Wildman–Crippen MR) is 99.4 cm³/mol. The smallest absolute Gasteiger partial charge is 0.255 e. The normalized spacial score (nSPS) is 11.5. The average molecular weight is 465 g/mol. The van der Waals surface area contributed by atoms with Gasteiger partial charge in [0.05, 0.1) is 9.92 Å². The molecule has 0 aromatic heterocycles. The maximum Gasteiger partial charge on any atom is 0.255 e. The highest BCUT2D eigenvalue weighted by molar-refractivity contribution is 14.1. The van der Waals surface area contributed by atoms with Crippen molar-refractivity contribution in [3.05, 3.63) is 56.6 Å². The van der Waals surface area contributed by atoms with Crippen molar-refractivity contribution in [3.8, 4) is 0 Å². The fourth-order valence-corrected chi connectivity index (χ4v) is 3.30. The Morgan fingerprint density at radius 3 is 2.26 bits per heavy atom. The molecule has 0 aliphatic heterocycles. The van der Waals surface area contributed by atoms with Crippen LogP contribution in [0.5, 0.6) is 0 Å². The highest BCUT2D eigenvalue weighted by Crippen LogP contribution is 2.21. The van der Waals surface area contributed by atoms with Crippen LogP contribution in [0.2, 0.25) is 5.02 Å². The molecule has 0 aliphatic rings. The van der Waals surface area contributed by atoms with Gasteiger partial charge in [0, 0.05) is 28.9 Å². The van der Waals surface area contributed by atoms with Crippen LogP contribution in [0.15, 0.2) is 47.4 Å². The summed E-state index contributed by atoms with van der Waals surface area (Å²) >= 11 is 7.98. The number of sulfonamides is 1. The first kappa shape index (κ1) is 18.2. The monoisotopic (exact) mass is 464 g/mol. The van der Waals surface area contributed by atoms with Gasteiger partial charge in [0.2, 0.25) is 10.0 Å². The van der Waals surface area contributed by atoms with Crippen molar-refractivity contribution in [3.63, 3.8) is 0 Å². The fourth-order valence-electron chi connectivity index (χ4n) is 1.76. The second kappa shape index (κ2) is 7.16. The van der Waals surface area contributed by atoms with E-state index in [2.05, 4.69) is 27.9 Å². The van der Waals surface area contributed by atoms with E-state index in [4.69, 9.17) is 11.6 Å². The minimum atomic E-state index is -3.48. The molecule has 1 N–H and O–H groups in total. The number of nitrogens with zero attached hydrogens (tertiary/aromatic N) is 1. The maximum atomic E-state index is 12.2. The van der Waals surface area contributed by atoms with Gasteiger partial charge < -0.3 is 5.32 Å². The molecule has 122 valence electrons. The van der Waals surface area contributed by atoms with Crippen molar-refractivity contribution in [2.24, 2.45) is 0 Å². The van der Waals surface area contributed by atoms with E-state index in [9.17, 15) is 13.2 Å². The molecule has 0 saturated carbocycles. The Balaban J connectivity index is 2.18. The van der Waals surface area contributed by atoms with Crippen molar-refractivity contribution in [2.75, 3.05) is 19.4 Å². The number of anilines is 1. The van der Waals surface area contributed by atoms with Gasteiger partial charge in [-0.25, -0.2) is 12.7 Å². The number of amides is 1. The fraction of sp³-hybridized carbons (Fsp3) is 0.133. The lowest BCUT2D eigenvalue weighted by Gasteiger charge is -2.12. The lowest BCUT2D eigenvalue weighted by atomic mass is 10.2. The first-order valence-corrected chi connectivity index (χ1v) is 9.40. The van der Waals surface area contributed by atoms with Gasteiger partial charge >= 0.3 is 0 Å². The van der Waals surface area contributed by atoms with E-state index in [0.717, 1.165) is 7.88 Å². The van der Waals surface area contributed by atoms with Gasteiger partial charge in [-0.1, -0.05) is 11.6 Å². The van der Waals surface area contributed by atoms with Crippen LogP contribution < -0.4 is 5.32 Å². The summed E-state index contributed by atoms with van der Waals surface area (Å²) in [5, 5.41) is 3.30. The van der Waals surface area contributed by atoms with Crippen molar-refractivity contribution in [2.45, 2.75) is 4.90 Å². The SMILES string of the molecule is CN(C)S(=O)(=O)c1ccc(NC(=O)c2ccc(Cl)c(I)c2)cc1. The summed E-state index contributed by atoms with van der Waals surface area (Å²) < 4.78 is 25.9. The molecular weight excluding hydrogens is 451 g/mol. The third-order valence-corrected chi connectivity index (χ3v) is 6.44. The molecule has 0 heterocycles. The average Bonchev–Trinajstić information content (AvgIpc) is 2.50. The molecule has 0 spiro atoms. The summed E-state index contributed by atoms with van der Waals surface area (Å²) in [7, 11) is -0.549. The second-order valence-electron chi connectivity index (χ2n) is 4.89. The van der Waals surface area contributed by atoms with Gasteiger partial charge in [0.1, 0.15) is 0 Å². The number of carbonyl (C=O) groups is 1. The number of hydrogen-bond donors (Lipinski definition) is 1. The molecule has 0 atom stereocenters. The lowest BCUT2D eigenvalue weighted by Crippen LogP contribution is -2.22. The van der Waals surface area contributed by atoms with Crippen LogP contribution in [0.4, 0.5) is 5.69 Å². The van der Waals surface area contributed by atoms with E-state index in [1.54, 1.807) is 30.3 Å². The zero-order valence-corrected chi connectivity index (χ0v) is 16.1. The summed E-state index contributed by atoms with van der Waals surface area (Å²) in [5.74, 6) is -0.289. The molecule has 0 unspecified atom stereocenters. The molecule has 0 bridgehead atoms. The molecule has 8 heteroatoms. The summed E-state index contributed by atoms with van der Waals surface area (Å²) in [5.41, 5.74) is 0.987. The highest BCUT2D eigenvalue weighted by atomic mass is 127. The number of benzene rings is 2. The van der Waals surface area contributed by atoms with E-state index in [1.807, 2.05) is 0 Å². The first-order valence-electron chi connectivity index (χ1n) is 6.51. The van der Waals surface area contributed by atoms with Crippen LogP contribution in [0.3, 0.4) is 0 Å². The Morgan fingerprint density at radius 1 is 1.13 bits per heavy atom. The van der Waals surface area contributed by atoms with Crippen LogP contribution in [-0.4, -0.2) is 32.7 Å². The minimum Gasteiger partial charge on any atom is -0.322 e. The standard InChI is InChI=1S/C15H14ClIN2O3S/c1-19(2)23(21,22)12-6-4-11(5-7-12)18-15(20)10-3-8-13(16)14(17)9-10/h3-9H,1-2H3,(H,18,20). The quantitative estimate of drug-likeness (QED) is 0.705. The molecule has 2 aromatic carbocycles. The van der Waals surface area contributed by atoms with Crippen LogP contribution in [0.25, 0.3) is 0 Å². The summed E-state index contributed by atoms with van der Waals surface area (Å²) in [6.07, 6.45) is 0. The largest absolute Gasteiger partial charge is 0.322 e. The van der Waals surface area contributed by atoms with E-state index in [1.165, 1.54) is 26.2 Å². The second-order valence-corrected chi connectivity index (χ2v) is 8.62. The summed E-state index contributed by atoms with van der Waals surface area (Å²) in [6, 6.07) is 11.0. The lowest BCUT2D eigenvalue weighted by molar-refractivity contribution is 0.102. The van der Waals surface area contributed by atoms with Crippen LogP contribution in [-0.2, 0) is 10.0 Å². The number of halogens is 2. The molecule has 2 aromatic rings. The Labute approximate surface area is 153 Å². The molecule has 0 radical (unpaired) electrons. The van der Waals surface area contributed by atoms with Gasteiger partial charge in [-0.2, -0.15) is 0 Å². The zero-order valence-electron chi connectivity index (χ0n) is 12.4. The zero-order chi connectivity index (χ0) is 17.2. The van der Waals surface area contributed by atoms with Crippen LogP contribution >= 0.6 is 34.2 Å². The van der Waals surface area contributed by atoms with Gasteiger partial charge in [0.25, 0.3) is 5.91 Å². The van der Waals surface area contributed by atoms with Gasteiger partial charge in [-0.05, 0) is 65.1 Å². The molecule has 0 saturated heterocycles. The molecule has 1 amide bonds.